The van der Waals surface area contributed by atoms with E-state index in [1.165, 1.54) is 11.3 Å². The summed E-state index contributed by atoms with van der Waals surface area (Å²) in [4.78, 5) is 23.9. The van der Waals surface area contributed by atoms with Crippen LogP contribution in [-0.2, 0) is 6.54 Å². The van der Waals surface area contributed by atoms with Gasteiger partial charge in [0.25, 0.3) is 5.91 Å². The van der Waals surface area contributed by atoms with E-state index in [9.17, 15) is 4.79 Å². The van der Waals surface area contributed by atoms with E-state index in [2.05, 4.69) is 22.1 Å². The van der Waals surface area contributed by atoms with E-state index in [0.29, 0.717) is 22.8 Å². The first kappa shape index (κ1) is 17.8. The summed E-state index contributed by atoms with van der Waals surface area (Å²) in [7, 11) is 0. The number of hydrogen-bond acceptors (Lipinski definition) is 5. The normalized spacial score (nSPS) is 10.6. The first-order chi connectivity index (χ1) is 13.6. The number of fused-ring (bicyclic) bond motifs is 1. The lowest BCUT2D eigenvalue weighted by Gasteiger charge is -2.19. The second kappa shape index (κ2) is 7.59. The zero-order valence-electron chi connectivity index (χ0n) is 15.2. The monoisotopic (exact) mass is 384 g/mol. The fourth-order valence-electron chi connectivity index (χ4n) is 2.86. The van der Waals surface area contributed by atoms with Crippen molar-refractivity contribution in [1.29, 1.82) is 5.26 Å². The van der Waals surface area contributed by atoms with Crippen molar-refractivity contribution >= 4 is 32.6 Å². The highest BCUT2D eigenvalue weighted by molar-refractivity contribution is 7.22. The van der Waals surface area contributed by atoms with Gasteiger partial charge in [-0.2, -0.15) is 5.26 Å². The Labute approximate surface area is 166 Å². The number of amides is 1. The van der Waals surface area contributed by atoms with Crippen molar-refractivity contribution < 1.29 is 4.79 Å². The minimum atomic E-state index is -0.175. The molecule has 0 N–H and O–H groups in total. The van der Waals surface area contributed by atoms with Crippen molar-refractivity contribution in [2.45, 2.75) is 13.5 Å². The summed E-state index contributed by atoms with van der Waals surface area (Å²) in [6, 6.07) is 20.4. The molecule has 2 heterocycles. The number of carbonyl (C=O) groups excluding carboxylic acids is 1. The van der Waals surface area contributed by atoms with E-state index in [0.717, 1.165) is 21.5 Å². The van der Waals surface area contributed by atoms with Gasteiger partial charge in [-0.05, 0) is 61.0 Å². The summed E-state index contributed by atoms with van der Waals surface area (Å²) in [5.74, 6) is -0.175. The number of nitrogens with zero attached hydrogens (tertiary/aromatic N) is 4. The molecule has 28 heavy (non-hydrogen) atoms. The zero-order valence-corrected chi connectivity index (χ0v) is 16.0. The van der Waals surface area contributed by atoms with Crippen molar-refractivity contribution in [2.75, 3.05) is 4.90 Å². The second-order valence-corrected chi connectivity index (χ2v) is 7.38. The van der Waals surface area contributed by atoms with Crippen molar-refractivity contribution in [3.8, 4) is 6.07 Å². The molecule has 0 unspecified atom stereocenters. The minimum absolute atomic E-state index is 0.175. The number of aromatic nitrogens is 2. The molecule has 0 saturated carbocycles. The van der Waals surface area contributed by atoms with Crippen LogP contribution in [0.3, 0.4) is 0 Å². The minimum Gasteiger partial charge on any atom is -0.278 e. The lowest BCUT2D eigenvalue weighted by Crippen LogP contribution is -2.30. The highest BCUT2D eigenvalue weighted by Crippen LogP contribution is 2.31. The lowest BCUT2D eigenvalue weighted by atomic mass is 10.1. The van der Waals surface area contributed by atoms with Crippen molar-refractivity contribution in [3.05, 3.63) is 89.2 Å². The number of carbonyl (C=O) groups is 1. The zero-order chi connectivity index (χ0) is 19.5. The van der Waals surface area contributed by atoms with Crippen LogP contribution in [0, 0.1) is 18.3 Å². The van der Waals surface area contributed by atoms with Crippen LogP contribution in [0.25, 0.3) is 10.2 Å². The van der Waals surface area contributed by atoms with E-state index >= 15 is 0 Å². The van der Waals surface area contributed by atoms with Gasteiger partial charge in [-0.15, -0.1) is 0 Å². The predicted molar refractivity (Wildman–Crippen MR) is 110 cm³/mol. The fraction of sp³-hybridized carbons (Fsp3) is 0.0909. The van der Waals surface area contributed by atoms with E-state index in [4.69, 9.17) is 5.26 Å². The molecule has 4 aromatic rings. The number of pyridine rings is 1. The van der Waals surface area contributed by atoms with E-state index in [-0.39, 0.29) is 5.91 Å². The van der Waals surface area contributed by atoms with Crippen LogP contribution in [0.15, 0.2) is 66.9 Å². The molecule has 4 rings (SSSR count). The standard InChI is InChI=1S/C22H16N4OS/c1-15-5-10-19-20(12-15)28-22(25-19)26(14-18-4-2-3-11-24-18)21(27)17-8-6-16(13-23)7-9-17/h2-12H,14H2,1H3. The van der Waals surface area contributed by atoms with E-state index in [1.54, 1.807) is 35.4 Å². The van der Waals surface area contributed by atoms with Gasteiger partial charge in [0.1, 0.15) is 0 Å². The molecule has 5 nitrogen and oxygen atoms in total. The maximum Gasteiger partial charge on any atom is 0.260 e. The van der Waals surface area contributed by atoms with Gasteiger partial charge in [-0.25, -0.2) is 4.98 Å². The molecule has 0 aliphatic carbocycles. The van der Waals surface area contributed by atoms with Gasteiger partial charge in [0.15, 0.2) is 5.13 Å². The highest BCUT2D eigenvalue weighted by Gasteiger charge is 2.22. The van der Waals surface area contributed by atoms with Crippen LogP contribution in [-0.4, -0.2) is 15.9 Å². The molecule has 6 heteroatoms. The average molecular weight is 384 g/mol. The molecule has 1 amide bonds. The number of anilines is 1. The van der Waals surface area contributed by atoms with Crippen LogP contribution >= 0.6 is 11.3 Å². The van der Waals surface area contributed by atoms with Gasteiger partial charge in [0.2, 0.25) is 0 Å². The molecule has 0 aliphatic heterocycles. The second-order valence-electron chi connectivity index (χ2n) is 6.37. The maximum atomic E-state index is 13.3. The molecular weight excluding hydrogens is 368 g/mol. The Morgan fingerprint density at radius 3 is 2.68 bits per heavy atom. The summed E-state index contributed by atoms with van der Waals surface area (Å²) in [5, 5.41) is 9.62. The smallest absolute Gasteiger partial charge is 0.260 e. The topological polar surface area (TPSA) is 69.9 Å². The summed E-state index contributed by atoms with van der Waals surface area (Å²) in [5.41, 5.74) is 3.82. The van der Waals surface area contributed by atoms with Crippen molar-refractivity contribution in [2.24, 2.45) is 0 Å². The number of rotatable bonds is 4. The third-order valence-electron chi connectivity index (χ3n) is 4.32. The third kappa shape index (κ3) is 3.61. The summed E-state index contributed by atoms with van der Waals surface area (Å²) >= 11 is 1.48. The molecule has 136 valence electrons. The fourth-order valence-corrected chi connectivity index (χ4v) is 3.92. The van der Waals surface area contributed by atoms with Gasteiger partial charge in [-0.1, -0.05) is 23.5 Å². The summed E-state index contributed by atoms with van der Waals surface area (Å²) in [6.07, 6.45) is 1.71. The molecule has 0 bridgehead atoms. The highest BCUT2D eigenvalue weighted by atomic mass is 32.1. The predicted octanol–water partition coefficient (Wildman–Crippen LogP) is 4.72. The van der Waals surface area contributed by atoms with Crippen molar-refractivity contribution in [1.82, 2.24) is 9.97 Å². The Balaban J connectivity index is 1.75. The first-order valence-electron chi connectivity index (χ1n) is 8.73. The first-order valence-corrected chi connectivity index (χ1v) is 9.55. The molecule has 0 aliphatic rings. The third-order valence-corrected chi connectivity index (χ3v) is 5.36. The van der Waals surface area contributed by atoms with Gasteiger partial charge in [0.05, 0.1) is 34.1 Å². The molecular formula is C22H16N4OS. The Bertz CT molecular complexity index is 1180. The number of aryl methyl sites for hydroxylation is 1. The van der Waals surface area contributed by atoms with Crippen LogP contribution < -0.4 is 4.90 Å². The summed E-state index contributed by atoms with van der Waals surface area (Å²) in [6.45, 7) is 2.35. The van der Waals surface area contributed by atoms with E-state index < -0.39 is 0 Å². The number of nitriles is 1. The van der Waals surface area contributed by atoms with Crippen molar-refractivity contribution in [3.63, 3.8) is 0 Å². The van der Waals surface area contributed by atoms with Gasteiger partial charge < -0.3 is 0 Å². The Hall–Kier alpha value is -3.56. The van der Waals surface area contributed by atoms with Gasteiger partial charge in [0, 0.05) is 11.8 Å². The van der Waals surface area contributed by atoms with Crippen LogP contribution in [0.2, 0.25) is 0 Å². The Morgan fingerprint density at radius 2 is 1.96 bits per heavy atom. The Kier molecular flexibility index (Phi) is 4.83. The van der Waals surface area contributed by atoms with Gasteiger partial charge in [-0.3, -0.25) is 14.7 Å². The van der Waals surface area contributed by atoms with Crippen LogP contribution in [0.4, 0.5) is 5.13 Å². The lowest BCUT2D eigenvalue weighted by molar-refractivity contribution is 0.0985. The van der Waals surface area contributed by atoms with Crippen LogP contribution in [0.1, 0.15) is 27.2 Å². The average Bonchev–Trinajstić information content (AvgIpc) is 3.15. The van der Waals surface area contributed by atoms with Gasteiger partial charge >= 0.3 is 0 Å². The SMILES string of the molecule is Cc1ccc2nc(N(Cc3ccccn3)C(=O)c3ccc(C#N)cc3)sc2c1. The van der Waals surface area contributed by atoms with E-state index in [1.807, 2.05) is 37.3 Å². The molecule has 0 atom stereocenters. The molecule has 0 fully saturated rings. The number of thiazole rings is 1. The molecule has 2 aromatic heterocycles. The Morgan fingerprint density at radius 1 is 1.14 bits per heavy atom. The maximum absolute atomic E-state index is 13.3. The molecule has 0 spiro atoms. The number of hydrogen-bond donors (Lipinski definition) is 0. The largest absolute Gasteiger partial charge is 0.278 e. The molecule has 0 saturated heterocycles. The summed E-state index contributed by atoms with van der Waals surface area (Å²) < 4.78 is 1.04. The quantitative estimate of drug-likeness (QED) is 0.510. The number of benzene rings is 2. The molecule has 2 aromatic carbocycles. The molecule has 0 radical (unpaired) electrons. The van der Waals surface area contributed by atoms with Crippen LogP contribution in [0.5, 0.6) is 0 Å².